The van der Waals surface area contributed by atoms with Gasteiger partial charge in [-0.1, -0.05) is 12.1 Å². The summed E-state index contributed by atoms with van der Waals surface area (Å²) < 4.78 is 10.8. The molecule has 0 aliphatic heterocycles. The Kier molecular flexibility index (Phi) is 3.55. The molecule has 0 amide bonds. The molecule has 2 heterocycles. The van der Waals surface area contributed by atoms with Crippen LogP contribution in [0.5, 0.6) is 5.75 Å². The maximum absolute atomic E-state index is 5.71. The number of benzene rings is 2. The Hall–Kier alpha value is -3.41. The third-order valence-corrected chi connectivity index (χ3v) is 3.54. The molecule has 0 spiro atoms. The summed E-state index contributed by atoms with van der Waals surface area (Å²) in [4.78, 5) is 13.1. The number of hydrogen-bond acceptors (Lipinski definition) is 6. The molecular formula is C18H14N4O2. The van der Waals surface area contributed by atoms with Crippen molar-refractivity contribution in [2.24, 2.45) is 0 Å². The molecule has 0 saturated heterocycles. The summed E-state index contributed by atoms with van der Waals surface area (Å²) in [5, 5.41) is 3.13. The first-order valence-electron chi connectivity index (χ1n) is 7.41. The van der Waals surface area contributed by atoms with E-state index in [1.807, 2.05) is 48.5 Å². The van der Waals surface area contributed by atoms with Crippen molar-refractivity contribution in [2.45, 2.75) is 0 Å². The van der Waals surface area contributed by atoms with Gasteiger partial charge in [-0.05, 0) is 36.4 Å². The number of fused-ring (bicyclic) bond motifs is 1. The normalized spacial score (nSPS) is 10.7. The minimum Gasteiger partial charge on any atom is -0.497 e. The Morgan fingerprint density at radius 3 is 2.42 bits per heavy atom. The second kappa shape index (κ2) is 6.00. The summed E-state index contributed by atoms with van der Waals surface area (Å²) >= 11 is 0. The van der Waals surface area contributed by atoms with Crippen LogP contribution in [0, 0.1) is 0 Å². The second-order valence-electron chi connectivity index (χ2n) is 5.14. The van der Waals surface area contributed by atoms with Crippen LogP contribution in [0.3, 0.4) is 0 Å². The predicted octanol–water partition coefficient (Wildman–Crippen LogP) is 4.04. The number of methoxy groups -OCH3 is 1. The van der Waals surface area contributed by atoms with Crippen LogP contribution in [0.15, 0.2) is 65.3 Å². The Morgan fingerprint density at radius 1 is 0.958 bits per heavy atom. The standard InChI is InChI=1S/C18H14N4O2/c1-23-14-8-6-13(7-9-14)21-18-19-10-12(11-20-18)17-22-15-4-2-3-5-16(15)24-17/h2-11H,1H3,(H,19,20,21). The molecule has 4 rings (SSSR count). The number of oxazole rings is 1. The zero-order valence-electron chi connectivity index (χ0n) is 12.9. The van der Waals surface area contributed by atoms with Crippen molar-refractivity contribution < 1.29 is 9.15 Å². The highest BCUT2D eigenvalue weighted by atomic mass is 16.5. The van der Waals surface area contributed by atoms with Gasteiger partial charge >= 0.3 is 0 Å². The quantitative estimate of drug-likeness (QED) is 0.612. The lowest BCUT2D eigenvalue weighted by Crippen LogP contribution is -1.96. The average Bonchev–Trinajstić information content (AvgIpc) is 3.07. The molecule has 6 nitrogen and oxygen atoms in total. The van der Waals surface area contributed by atoms with E-state index in [-0.39, 0.29) is 0 Å². The molecule has 24 heavy (non-hydrogen) atoms. The van der Waals surface area contributed by atoms with Gasteiger partial charge in [0, 0.05) is 18.1 Å². The summed E-state index contributed by atoms with van der Waals surface area (Å²) in [5.41, 5.74) is 3.16. The summed E-state index contributed by atoms with van der Waals surface area (Å²) in [6, 6.07) is 15.2. The summed E-state index contributed by atoms with van der Waals surface area (Å²) in [6.07, 6.45) is 3.37. The molecule has 2 aromatic carbocycles. The first-order valence-corrected chi connectivity index (χ1v) is 7.41. The number of rotatable bonds is 4. The van der Waals surface area contributed by atoms with Gasteiger partial charge in [-0.2, -0.15) is 0 Å². The van der Waals surface area contributed by atoms with Crippen LogP contribution in [0.4, 0.5) is 11.6 Å². The first kappa shape index (κ1) is 14.2. The lowest BCUT2D eigenvalue weighted by atomic mass is 10.3. The van der Waals surface area contributed by atoms with Crippen molar-refractivity contribution in [3.63, 3.8) is 0 Å². The van der Waals surface area contributed by atoms with Gasteiger partial charge < -0.3 is 14.5 Å². The summed E-state index contributed by atoms with van der Waals surface area (Å²) in [5.74, 6) is 1.81. The van der Waals surface area contributed by atoms with Gasteiger partial charge in [0.1, 0.15) is 11.3 Å². The van der Waals surface area contributed by atoms with E-state index < -0.39 is 0 Å². The van der Waals surface area contributed by atoms with Crippen LogP contribution < -0.4 is 10.1 Å². The minimum atomic E-state index is 0.500. The average molecular weight is 318 g/mol. The molecule has 0 bridgehead atoms. The van der Waals surface area contributed by atoms with Gasteiger partial charge in [0.2, 0.25) is 11.8 Å². The molecule has 2 aromatic heterocycles. The zero-order chi connectivity index (χ0) is 16.4. The molecule has 6 heteroatoms. The van der Waals surface area contributed by atoms with E-state index in [9.17, 15) is 0 Å². The number of anilines is 2. The van der Waals surface area contributed by atoms with Crippen LogP contribution in [0.1, 0.15) is 0 Å². The Morgan fingerprint density at radius 2 is 1.71 bits per heavy atom. The van der Waals surface area contributed by atoms with Crippen LogP contribution in [-0.4, -0.2) is 22.1 Å². The minimum absolute atomic E-state index is 0.500. The van der Waals surface area contributed by atoms with Gasteiger partial charge in [-0.3, -0.25) is 0 Å². The third kappa shape index (κ3) is 2.77. The maximum Gasteiger partial charge on any atom is 0.230 e. The lowest BCUT2D eigenvalue weighted by Gasteiger charge is -2.05. The van der Waals surface area contributed by atoms with E-state index in [4.69, 9.17) is 9.15 Å². The summed E-state index contributed by atoms with van der Waals surface area (Å²) in [7, 11) is 1.64. The van der Waals surface area contributed by atoms with Crippen LogP contribution in [-0.2, 0) is 0 Å². The van der Waals surface area contributed by atoms with Gasteiger partial charge in [-0.25, -0.2) is 15.0 Å². The van der Waals surface area contributed by atoms with Crippen LogP contribution in [0.25, 0.3) is 22.6 Å². The fourth-order valence-electron chi connectivity index (χ4n) is 2.30. The van der Waals surface area contributed by atoms with Crippen molar-refractivity contribution in [1.29, 1.82) is 0 Å². The fraction of sp³-hybridized carbons (Fsp3) is 0.0556. The van der Waals surface area contributed by atoms with Crippen LogP contribution in [0.2, 0.25) is 0 Å². The number of para-hydroxylation sites is 2. The van der Waals surface area contributed by atoms with Crippen molar-refractivity contribution in [3.8, 4) is 17.2 Å². The van der Waals surface area contributed by atoms with E-state index in [1.54, 1.807) is 19.5 Å². The Labute approximate surface area is 138 Å². The Bertz CT molecular complexity index is 929. The zero-order valence-corrected chi connectivity index (χ0v) is 12.9. The van der Waals surface area contributed by atoms with Crippen molar-refractivity contribution >= 4 is 22.7 Å². The number of nitrogens with one attached hydrogen (secondary N) is 1. The van der Waals surface area contributed by atoms with Gasteiger partial charge in [0.15, 0.2) is 5.58 Å². The van der Waals surface area contributed by atoms with Crippen molar-refractivity contribution in [3.05, 3.63) is 60.9 Å². The molecule has 118 valence electrons. The first-order chi connectivity index (χ1) is 11.8. The molecule has 0 saturated carbocycles. The number of hydrogen-bond donors (Lipinski definition) is 1. The van der Waals surface area contributed by atoms with Gasteiger partial charge in [0.05, 0.1) is 12.7 Å². The Balaban J connectivity index is 1.55. The van der Waals surface area contributed by atoms with Crippen LogP contribution >= 0.6 is 0 Å². The molecule has 0 aliphatic rings. The number of aromatic nitrogens is 3. The maximum atomic E-state index is 5.71. The molecule has 0 aliphatic carbocycles. The number of ether oxygens (including phenoxy) is 1. The number of nitrogens with zero attached hydrogens (tertiary/aromatic N) is 3. The highest BCUT2D eigenvalue weighted by Gasteiger charge is 2.09. The van der Waals surface area contributed by atoms with Crippen molar-refractivity contribution in [2.75, 3.05) is 12.4 Å². The van der Waals surface area contributed by atoms with Gasteiger partial charge in [-0.15, -0.1) is 0 Å². The van der Waals surface area contributed by atoms with E-state index in [2.05, 4.69) is 20.3 Å². The SMILES string of the molecule is COc1ccc(Nc2ncc(-c3nc4ccccc4o3)cn2)cc1. The largest absolute Gasteiger partial charge is 0.497 e. The topological polar surface area (TPSA) is 73.1 Å². The molecule has 0 radical (unpaired) electrons. The molecule has 4 aromatic rings. The molecular weight excluding hydrogens is 304 g/mol. The highest BCUT2D eigenvalue weighted by Crippen LogP contribution is 2.24. The van der Waals surface area contributed by atoms with E-state index in [0.717, 1.165) is 28.1 Å². The summed E-state index contributed by atoms with van der Waals surface area (Å²) in [6.45, 7) is 0. The molecule has 0 atom stereocenters. The fourth-order valence-corrected chi connectivity index (χ4v) is 2.30. The second-order valence-corrected chi connectivity index (χ2v) is 5.14. The van der Waals surface area contributed by atoms with E-state index in [0.29, 0.717) is 11.8 Å². The molecule has 1 N–H and O–H groups in total. The van der Waals surface area contributed by atoms with Crippen molar-refractivity contribution in [1.82, 2.24) is 15.0 Å². The third-order valence-electron chi connectivity index (χ3n) is 3.54. The predicted molar refractivity (Wildman–Crippen MR) is 91.3 cm³/mol. The van der Waals surface area contributed by atoms with Gasteiger partial charge in [0.25, 0.3) is 0 Å². The lowest BCUT2D eigenvalue weighted by molar-refractivity contribution is 0.415. The molecule has 0 unspecified atom stereocenters. The smallest absolute Gasteiger partial charge is 0.230 e. The van der Waals surface area contributed by atoms with E-state index in [1.165, 1.54) is 0 Å². The molecule has 0 fully saturated rings. The highest BCUT2D eigenvalue weighted by molar-refractivity contribution is 5.75. The monoisotopic (exact) mass is 318 g/mol. The van der Waals surface area contributed by atoms with E-state index >= 15 is 0 Å².